The standard InChI is InChI=1S/C30H38N4O3S/c1-7-9-18-38-29-32-28-31-20(3)25(27(35)36-8-2)26(34(28)33-29)22-12-16-24(17-13-22)37-19-21-10-14-23(15-11-21)30(4,5)6/h10-17,26H,7-9,18-19H2,1-6H3,(H,31,32,33). The number of allylic oxidation sites excluding steroid dienone is 1. The fraction of sp³-hybridized carbons (Fsp3) is 0.433. The van der Waals surface area contributed by atoms with Gasteiger partial charge in [-0.3, -0.25) is 0 Å². The van der Waals surface area contributed by atoms with Crippen LogP contribution in [0.4, 0.5) is 5.95 Å². The van der Waals surface area contributed by atoms with E-state index in [2.05, 4.69) is 62.3 Å². The van der Waals surface area contributed by atoms with Gasteiger partial charge in [-0.15, -0.1) is 5.10 Å². The number of benzene rings is 2. The molecule has 1 unspecified atom stereocenters. The first-order valence-corrected chi connectivity index (χ1v) is 14.3. The minimum atomic E-state index is -0.447. The first-order valence-electron chi connectivity index (χ1n) is 13.3. The van der Waals surface area contributed by atoms with Crippen LogP contribution in [0.1, 0.15) is 77.1 Å². The van der Waals surface area contributed by atoms with E-state index in [0.717, 1.165) is 41.2 Å². The van der Waals surface area contributed by atoms with E-state index in [4.69, 9.17) is 14.6 Å². The topological polar surface area (TPSA) is 78.3 Å². The lowest BCUT2D eigenvalue weighted by molar-refractivity contribution is -0.139. The van der Waals surface area contributed by atoms with Gasteiger partial charge in [0.1, 0.15) is 18.4 Å². The van der Waals surface area contributed by atoms with Gasteiger partial charge in [0.25, 0.3) is 0 Å². The van der Waals surface area contributed by atoms with E-state index in [-0.39, 0.29) is 11.4 Å². The highest BCUT2D eigenvalue weighted by molar-refractivity contribution is 7.99. The number of anilines is 1. The summed E-state index contributed by atoms with van der Waals surface area (Å²) in [5.41, 5.74) is 4.70. The first kappa shape index (κ1) is 27.8. The van der Waals surface area contributed by atoms with E-state index in [9.17, 15) is 4.79 Å². The molecule has 202 valence electrons. The quantitative estimate of drug-likeness (QED) is 0.172. The van der Waals surface area contributed by atoms with Crippen molar-refractivity contribution < 1.29 is 14.3 Å². The zero-order valence-electron chi connectivity index (χ0n) is 23.2. The molecule has 0 amide bonds. The molecule has 1 N–H and O–H groups in total. The summed E-state index contributed by atoms with van der Waals surface area (Å²) < 4.78 is 13.3. The Bertz CT molecular complexity index is 1270. The number of ether oxygens (including phenoxy) is 2. The maximum atomic E-state index is 13.0. The highest BCUT2D eigenvalue weighted by Gasteiger charge is 2.35. The third-order valence-electron chi connectivity index (χ3n) is 6.48. The number of carbonyl (C=O) groups excluding carboxylic acids is 1. The lowest BCUT2D eigenvalue weighted by Gasteiger charge is -2.28. The number of thioether (sulfide) groups is 1. The molecule has 3 aromatic rings. The Morgan fingerprint density at radius 3 is 2.42 bits per heavy atom. The second-order valence-corrected chi connectivity index (χ2v) is 11.5. The molecule has 0 spiro atoms. The van der Waals surface area contributed by atoms with E-state index in [1.54, 1.807) is 16.4 Å². The molecule has 1 atom stereocenters. The molecule has 1 aliphatic rings. The number of nitrogens with zero attached hydrogens (tertiary/aromatic N) is 3. The molecule has 2 heterocycles. The van der Waals surface area contributed by atoms with Gasteiger partial charge in [-0.05, 0) is 54.5 Å². The van der Waals surface area contributed by atoms with Gasteiger partial charge in [-0.1, -0.05) is 82.3 Å². The van der Waals surface area contributed by atoms with E-state index in [1.807, 2.05) is 38.1 Å². The number of esters is 1. The maximum absolute atomic E-state index is 13.0. The summed E-state index contributed by atoms with van der Waals surface area (Å²) >= 11 is 1.63. The molecule has 0 aliphatic carbocycles. The normalized spacial score (nSPS) is 15.2. The predicted octanol–water partition coefficient (Wildman–Crippen LogP) is 6.90. The number of rotatable bonds is 10. The zero-order chi connectivity index (χ0) is 27.3. The Morgan fingerprint density at radius 1 is 1.08 bits per heavy atom. The van der Waals surface area contributed by atoms with Crippen molar-refractivity contribution in [2.75, 3.05) is 17.7 Å². The van der Waals surface area contributed by atoms with Crippen LogP contribution in [0.5, 0.6) is 5.75 Å². The summed E-state index contributed by atoms with van der Waals surface area (Å²) in [6.45, 7) is 13.3. The monoisotopic (exact) mass is 534 g/mol. The van der Waals surface area contributed by atoms with Crippen molar-refractivity contribution >= 4 is 23.7 Å². The van der Waals surface area contributed by atoms with Crippen LogP contribution >= 0.6 is 11.8 Å². The number of nitrogens with one attached hydrogen (secondary N) is 1. The number of hydrogen-bond donors (Lipinski definition) is 1. The molecule has 0 bridgehead atoms. The van der Waals surface area contributed by atoms with Gasteiger partial charge in [-0.2, -0.15) is 4.98 Å². The van der Waals surface area contributed by atoms with Crippen LogP contribution in [-0.2, 0) is 21.6 Å². The summed E-state index contributed by atoms with van der Waals surface area (Å²) in [7, 11) is 0. The summed E-state index contributed by atoms with van der Waals surface area (Å²) in [4.78, 5) is 17.7. The highest BCUT2D eigenvalue weighted by Crippen LogP contribution is 2.37. The van der Waals surface area contributed by atoms with Crippen LogP contribution in [0.3, 0.4) is 0 Å². The van der Waals surface area contributed by atoms with Crippen LogP contribution in [-0.4, -0.2) is 33.1 Å². The van der Waals surface area contributed by atoms with Gasteiger partial charge in [0.2, 0.25) is 11.1 Å². The molecule has 8 heteroatoms. The highest BCUT2D eigenvalue weighted by atomic mass is 32.2. The van der Waals surface area contributed by atoms with E-state index < -0.39 is 6.04 Å². The fourth-order valence-electron chi connectivity index (χ4n) is 4.30. The van der Waals surface area contributed by atoms with Crippen LogP contribution in [0.25, 0.3) is 0 Å². The van der Waals surface area contributed by atoms with Crippen LogP contribution < -0.4 is 10.1 Å². The van der Waals surface area contributed by atoms with E-state index in [0.29, 0.717) is 29.9 Å². The Kier molecular flexibility index (Phi) is 8.82. The molecule has 2 aromatic carbocycles. The molecule has 38 heavy (non-hydrogen) atoms. The van der Waals surface area contributed by atoms with Crippen molar-refractivity contribution in [2.45, 2.75) is 77.6 Å². The van der Waals surface area contributed by atoms with Gasteiger partial charge >= 0.3 is 5.97 Å². The van der Waals surface area contributed by atoms with Crippen LogP contribution in [0.15, 0.2) is 65.0 Å². The smallest absolute Gasteiger partial charge is 0.338 e. The van der Waals surface area contributed by atoms with Gasteiger partial charge in [0.05, 0.1) is 12.2 Å². The first-order chi connectivity index (χ1) is 18.2. The van der Waals surface area contributed by atoms with Crippen molar-refractivity contribution in [3.05, 3.63) is 76.5 Å². The Morgan fingerprint density at radius 2 is 1.79 bits per heavy atom. The SMILES string of the molecule is CCCCSc1nc2n(n1)C(c1ccc(OCc3ccc(C(C)(C)C)cc3)cc1)C(C(=O)OCC)=C(C)N2. The molecule has 1 aromatic heterocycles. The second-order valence-electron chi connectivity index (χ2n) is 10.5. The summed E-state index contributed by atoms with van der Waals surface area (Å²) in [5, 5.41) is 8.71. The molecule has 0 radical (unpaired) electrons. The van der Waals surface area contributed by atoms with Gasteiger partial charge in [0, 0.05) is 11.4 Å². The maximum Gasteiger partial charge on any atom is 0.338 e. The molecule has 1 aliphatic heterocycles. The summed E-state index contributed by atoms with van der Waals surface area (Å²) in [6.07, 6.45) is 2.21. The molecular weight excluding hydrogens is 496 g/mol. The average molecular weight is 535 g/mol. The zero-order valence-corrected chi connectivity index (χ0v) is 24.0. The van der Waals surface area contributed by atoms with Crippen LogP contribution in [0, 0.1) is 0 Å². The van der Waals surface area contributed by atoms with Crippen molar-refractivity contribution in [2.24, 2.45) is 0 Å². The summed E-state index contributed by atoms with van der Waals surface area (Å²) in [5.74, 6) is 1.98. The number of hydrogen-bond acceptors (Lipinski definition) is 7. The largest absolute Gasteiger partial charge is 0.489 e. The molecule has 0 fully saturated rings. The van der Waals surface area contributed by atoms with Crippen molar-refractivity contribution in [1.82, 2.24) is 14.8 Å². The molecule has 0 saturated carbocycles. The minimum absolute atomic E-state index is 0.123. The third kappa shape index (κ3) is 6.41. The van der Waals surface area contributed by atoms with Crippen molar-refractivity contribution in [3.8, 4) is 5.75 Å². The average Bonchev–Trinajstić information content (AvgIpc) is 3.29. The number of carbonyl (C=O) groups is 1. The fourth-order valence-corrected chi connectivity index (χ4v) is 5.21. The van der Waals surface area contributed by atoms with Crippen LogP contribution in [0.2, 0.25) is 0 Å². The predicted molar refractivity (Wildman–Crippen MR) is 153 cm³/mol. The molecule has 7 nitrogen and oxygen atoms in total. The number of unbranched alkanes of at least 4 members (excludes halogenated alkanes) is 1. The van der Waals surface area contributed by atoms with E-state index in [1.165, 1.54) is 5.56 Å². The summed E-state index contributed by atoms with van der Waals surface area (Å²) in [6, 6.07) is 15.9. The van der Waals surface area contributed by atoms with Gasteiger partial charge < -0.3 is 14.8 Å². The molecular formula is C30H38N4O3S. The van der Waals surface area contributed by atoms with E-state index >= 15 is 0 Å². The van der Waals surface area contributed by atoms with Gasteiger partial charge in [-0.25, -0.2) is 9.48 Å². The van der Waals surface area contributed by atoms with Crippen molar-refractivity contribution in [3.63, 3.8) is 0 Å². The lowest BCUT2D eigenvalue weighted by atomic mass is 9.87. The van der Waals surface area contributed by atoms with Gasteiger partial charge in [0.15, 0.2) is 0 Å². The minimum Gasteiger partial charge on any atom is -0.489 e. The number of aromatic nitrogens is 3. The lowest BCUT2D eigenvalue weighted by Crippen LogP contribution is -2.29. The second kappa shape index (κ2) is 12.1. The molecule has 0 saturated heterocycles. The third-order valence-corrected chi connectivity index (χ3v) is 7.40. The number of fused-ring (bicyclic) bond motifs is 1. The Balaban J connectivity index is 1.56. The van der Waals surface area contributed by atoms with Crippen molar-refractivity contribution in [1.29, 1.82) is 0 Å². The molecule has 4 rings (SSSR count). The Labute approximate surface area is 230 Å². The Hall–Kier alpha value is -3.26.